The van der Waals surface area contributed by atoms with Crippen molar-refractivity contribution >= 4 is 0 Å². The maximum atomic E-state index is 14.4. The van der Waals surface area contributed by atoms with Crippen molar-refractivity contribution < 1.29 is 4.39 Å². The number of fused-ring (bicyclic) bond motifs is 5. The van der Waals surface area contributed by atoms with Gasteiger partial charge in [0.25, 0.3) is 0 Å². The third-order valence-corrected chi connectivity index (χ3v) is 7.87. The molecule has 5 aliphatic heterocycles. The van der Waals surface area contributed by atoms with Crippen LogP contribution in [0, 0.1) is 11.8 Å². The van der Waals surface area contributed by atoms with Crippen molar-refractivity contribution in [2.24, 2.45) is 11.8 Å². The number of alkyl halides is 1. The zero-order chi connectivity index (χ0) is 18.4. The van der Waals surface area contributed by atoms with Crippen LogP contribution in [-0.4, -0.2) is 79.3 Å². The first-order chi connectivity index (χ1) is 13.2. The molecule has 5 rings (SSSR count). The van der Waals surface area contributed by atoms with Crippen molar-refractivity contribution in [2.75, 3.05) is 32.7 Å². The van der Waals surface area contributed by atoms with E-state index in [1.54, 1.807) is 0 Å². The summed E-state index contributed by atoms with van der Waals surface area (Å²) in [5.41, 5.74) is 3.60. The molecule has 8 atom stereocenters. The molecule has 5 aliphatic rings. The van der Waals surface area contributed by atoms with Gasteiger partial charge in [-0.25, -0.2) is 9.40 Å². The first-order valence-corrected chi connectivity index (χ1v) is 11.3. The van der Waals surface area contributed by atoms with Gasteiger partial charge in [0.1, 0.15) is 6.17 Å². The normalized spacial score (nSPS) is 49.6. The molecular weight excluding hydrogens is 343 g/mol. The van der Waals surface area contributed by atoms with Crippen molar-refractivity contribution in [1.82, 2.24) is 31.3 Å². The highest BCUT2D eigenvalue weighted by Crippen LogP contribution is 2.36. The third-order valence-electron chi connectivity index (χ3n) is 7.87. The monoisotopic (exact) mass is 380 g/mol. The van der Waals surface area contributed by atoms with Crippen molar-refractivity contribution in [3.05, 3.63) is 0 Å². The summed E-state index contributed by atoms with van der Waals surface area (Å²) in [5, 5.41) is 13.8. The zero-order valence-electron chi connectivity index (χ0n) is 16.7. The number of piperidine rings is 1. The van der Waals surface area contributed by atoms with Crippen molar-refractivity contribution in [3.63, 3.8) is 0 Å². The van der Waals surface area contributed by atoms with Gasteiger partial charge in [0.15, 0.2) is 0 Å². The molecule has 5 saturated heterocycles. The standard InChI is InChI=1S/C20H37FN6/c1-13-4-5-17-16(9-15(21)12-23-17)18-3-2-7-26(18)19-6-8-27-20(25-19)14(10-22-13)11-24-27/h13-20,22-25H,2-12H2,1H3/t13-,14?,15?,16?,17?,18?,19?,20?/m1/s1. The van der Waals surface area contributed by atoms with Gasteiger partial charge in [-0.05, 0) is 57.9 Å². The van der Waals surface area contributed by atoms with E-state index >= 15 is 0 Å². The maximum absolute atomic E-state index is 14.4. The van der Waals surface area contributed by atoms with Gasteiger partial charge in [-0.3, -0.25) is 15.6 Å². The summed E-state index contributed by atoms with van der Waals surface area (Å²) in [5.74, 6) is 1.05. The molecule has 6 nitrogen and oxygen atoms in total. The van der Waals surface area contributed by atoms with Crippen LogP contribution in [0.25, 0.3) is 0 Å². The van der Waals surface area contributed by atoms with Gasteiger partial charge in [-0.15, -0.1) is 0 Å². The quantitative estimate of drug-likeness (QED) is 0.494. The molecule has 154 valence electrons. The molecule has 2 bridgehead atoms. The Hall–Kier alpha value is -0.310. The average molecular weight is 381 g/mol. The highest BCUT2D eigenvalue weighted by atomic mass is 19.1. The number of nitrogens with one attached hydrogen (secondary N) is 4. The van der Waals surface area contributed by atoms with E-state index in [-0.39, 0.29) is 0 Å². The smallest absolute Gasteiger partial charge is 0.113 e. The Morgan fingerprint density at radius 3 is 2.81 bits per heavy atom. The summed E-state index contributed by atoms with van der Waals surface area (Å²) in [4.78, 5) is 2.72. The highest BCUT2D eigenvalue weighted by Gasteiger charge is 2.46. The second-order valence-corrected chi connectivity index (χ2v) is 9.58. The molecule has 0 aliphatic carbocycles. The molecule has 5 fully saturated rings. The molecule has 0 aromatic carbocycles. The second kappa shape index (κ2) is 7.84. The predicted molar refractivity (Wildman–Crippen MR) is 105 cm³/mol. The Labute approximate surface area is 162 Å². The molecule has 7 heteroatoms. The molecule has 0 saturated carbocycles. The predicted octanol–water partition coefficient (Wildman–Crippen LogP) is 0.621. The molecular formula is C20H37FN6. The summed E-state index contributed by atoms with van der Waals surface area (Å²) < 4.78 is 14.4. The Kier molecular flexibility index (Phi) is 5.43. The van der Waals surface area contributed by atoms with Crippen LogP contribution < -0.4 is 21.4 Å². The minimum Gasteiger partial charge on any atom is -0.314 e. The molecule has 4 N–H and O–H groups in total. The summed E-state index contributed by atoms with van der Waals surface area (Å²) in [6.45, 7) is 7.25. The number of hydrogen-bond acceptors (Lipinski definition) is 6. The van der Waals surface area contributed by atoms with Crippen LogP contribution in [0.15, 0.2) is 0 Å². The number of rotatable bonds is 0. The number of hydrogen-bond donors (Lipinski definition) is 4. The van der Waals surface area contributed by atoms with E-state index in [4.69, 9.17) is 0 Å². The van der Waals surface area contributed by atoms with Crippen molar-refractivity contribution in [3.8, 4) is 0 Å². The fourth-order valence-corrected chi connectivity index (χ4v) is 6.39. The Bertz CT molecular complexity index is 521. The second-order valence-electron chi connectivity index (χ2n) is 9.58. The maximum Gasteiger partial charge on any atom is 0.113 e. The van der Waals surface area contributed by atoms with E-state index in [1.807, 2.05) is 0 Å². The van der Waals surface area contributed by atoms with Crippen LogP contribution in [0.2, 0.25) is 0 Å². The SMILES string of the molecule is C[C@@H]1CCC2NCC(F)CC2C2CCCN2C2CCN3NCC(CN1)C3N2. The molecule has 0 radical (unpaired) electrons. The van der Waals surface area contributed by atoms with Gasteiger partial charge in [-0.1, -0.05) is 0 Å². The van der Waals surface area contributed by atoms with Gasteiger partial charge in [0.2, 0.25) is 0 Å². The Morgan fingerprint density at radius 2 is 1.89 bits per heavy atom. The summed E-state index contributed by atoms with van der Waals surface area (Å²) in [6.07, 6.45) is 6.90. The lowest BCUT2D eigenvalue weighted by Gasteiger charge is -2.47. The molecule has 27 heavy (non-hydrogen) atoms. The lowest BCUT2D eigenvalue weighted by Crippen LogP contribution is -2.64. The van der Waals surface area contributed by atoms with Crippen LogP contribution in [0.4, 0.5) is 4.39 Å². The van der Waals surface area contributed by atoms with Crippen LogP contribution in [0.1, 0.15) is 45.4 Å². The summed E-state index contributed by atoms with van der Waals surface area (Å²) in [6, 6.07) is 1.51. The van der Waals surface area contributed by atoms with Crippen molar-refractivity contribution in [1.29, 1.82) is 0 Å². The van der Waals surface area contributed by atoms with Gasteiger partial charge < -0.3 is 10.6 Å². The van der Waals surface area contributed by atoms with Gasteiger partial charge in [0.05, 0.1) is 12.3 Å². The molecule has 5 heterocycles. The van der Waals surface area contributed by atoms with Gasteiger partial charge in [-0.2, -0.15) is 0 Å². The van der Waals surface area contributed by atoms with Crippen LogP contribution in [-0.2, 0) is 0 Å². The van der Waals surface area contributed by atoms with Crippen LogP contribution in [0.5, 0.6) is 0 Å². The highest BCUT2D eigenvalue weighted by molar-refractivity contribution is 5.00. The van der Waals surface area contributed by atoms with Crippen molar-refractivity contribution in [2.45, 2.75) is 82.1 Å². The fourth-order valence-electron chi connectivity index (χ4n) is 6.39. The minimum absolute atomic E-state index is 0.416. The minimum atomic E-state index is -0.682. The molecule has 0 aromatic heterocycles. The summed E-state index contributed by atoms with van der Waals surface area (Å²) >= 11 is 0. The third kappa shape index (κ3) is 3.67. The van der Waals surface area contributed by atoms with Gasteiger partial charge >= 0.3 is 0 Å². The Morgan fingerprint density at radius 1 is 0.963 bits per heavy atom. The van der Waals surface area contributed by atoms with Crippen LogP contribution in [0.3, 0.4) is 0 Å². The van der Waals surface area contributed by atoms with E-state index in [9.17, 15) is 4.39 Å². The number of nitrogens with zero attached hydrogens (tertiary/aromatic N) is 2. The zero-order valence-corrected chi connectivity index (χ0v) is 16.7. The number of hydrazine groups is 1. The average Bonchev–Trinajstić information content (AvgIpc) is 3.31. The van der Waals surface area contributed by atoms with E-state index in [0.29, 0.717) is 48.8 Å². The van der Waals surface area contributed by atoms with E-state index < -0.39 is 6.17 Å². The van der Waals surface area contributed by atoms with E-state index in [0.717, 1.165) is 38.9 Å². The fraction of sp³-hybridized carbons (Fsp3) is 1.00. The molecule has 0 spiro atoms. The number of halogens is 1. The largest absolute Gasteiger partial charge is 0.314 e. The molecule has 0 aromatic rings. The van der Waals surface area contributed by atoms with E-state index in [2.05, 4.69) is 38.2 Å². The summed E-state index contributed by atoms with van der Waals surface area (Å²) in [7, 11) is 0. The lowest BCUT2D eigenvalue weighted by molar-refractivity contribution is -0.00473. The Balaban J connectivity index is 1.41. The van der Waals surface area contributed by atoms with E-state index in [1.165, 1.54) is 25.8 Å². The molecule has 7 unspecified atom stereocenters. The molecule has 0 amide bonds. The van der Waals surface area contributed by atoms with Gasteiger partial charge in [0, 0.05) is 50.2 Å². The lowest BCUT2D eigenvalue weighted by atomic mass is 9.80. The topological polar surface area (TPSA) is 54.6 Å². The first-order valence-electron chi connectivity index (χ1n) is 11.3. The van der Waals surface area contributed by atoms with Crippen LogP contribution >= 0.6 is 0 Å². The first kappa shape index (κ1) is 18.7.